The molecule has 0 atom stereocenters. The third kappa shape index (κ3) is 3.28. The summed E-state index contributed by atoms with van der Waals surface area (Å²) >= 11 is 1.26. The Kier molecular flexibility index (Phi) is 4.57. The van der Waals surface area contributed by atoms with Gasteiger partial charge in [0.1, 0.15) is 13.2 Å². The molecule has 1 heterocycles. The maximum absolute atomic E-state index is 12.3. The zero-order valence-electron chi connectivity index (χ0n) is 12.8. The SMILES string of the molecule is CSc1ccc(C(=O)Nc2ccc3c(c2)OCCO3)cc1[N+](=O)[O-]. The van der Waals surface area contributed by atoms with E-state index in [0.29, 0.717) is 35.3 Å². The Morgan fingerprint density at radius 2 is 1.92 bits per heavy atom. The summed E-state index contributed by atoms with van der Waals surface area (Å²) in [4.78, 5) is 23.5. The van der Waals surface area contributed by atoms with Gasteiger partial charge in [-0.25, -0.2) is 0 Å². The molecule has 0 fully saturated rings. The highest BCUT2D eigenvalue weighted by atomic mass is 32.2. The van der Waals surface area contributed by atoms with Crippen molar-refractivity contribution in [3.63, 3.8) is 0 Å². The minimum atomic E-state index is -0.493. The second kappa shape index (κ2) is 6.79. The molecule has 0 bridgehead atoms. The molecule has 3 rings (SSSR count). The van der Waals surface area contributed by atoms with E-state index in [-0.39, 0.29) is 11.3 Å². The lowest BCUT2D eigenvalue weighted by Gasteiger charge is -2.19. The minimum absolute atomic E-state index is 0.0858. The molecule has 0 saturated carbocycles. The van der Waals surface area contributed by atoms with Crippen molar-refractivity contribution in [1.29, 1.82) is 0 Å². The largest absolute Gasteiger partial charge is 0.486 e. The van der Waals surface area contributed by atoms with E-state index >= 15 is 0 Å². The number of carbonyl (C=O) groups excluding carboxylic acids is 1. The quantitative estimate of drug-likeness (QED) is 0.519. The molecular formula is C16H14N2O5S. The highest BCUT2D eigenvalue weighted by Gasteiger charge is 2.18. The third-order valence-corrected chi connectivity index (χ3v) is 4.22. The number of rotatable bonds is 4. The van der Waals surface area contributed by atoms with Gasteiger partial charge < -0.3 is 14.8 Å². The number of nitrogens with zero attached hydrogens (tertiary/aromatic N) is 1. The van der Waals surface area contributed by atoms with E-state index in [1.54, 1.807) is 36.6 Å². The Morgan fingerprint density at radius 3 is 2.62 bits per heavy atom. The van der Waals surface area contributed by atoms with Crippen LogP contribution in [0.2, 0.25) is 0 Å². The standard InChI is InChI=1S/C16H14N2O5S/c1-24-15-5-2-10(8-12(15)18(20)21)16(19)17-11-3-4-13-14(9-11)23-7-6-22-13/h2-5,8-9H,6-7H2,1H3,(H,17,19). The summed E-state index contributed by atoms with van der Waals surface area (Å²) in [6.45, 7) is 0.941. The van der Waals surface area contributed by atoms with Gasteiger partial charge in [0, 0.05) is 23.4 Å². The van der Waals surface area contributed by atoms with E-state index in [1.807, 2.05) is 0 Å². The Labute approximate surface area is 142 Å². The first-order chi connectivity index (χ1) is 11.6. The number of amides is 1. The van der Waals surface area contributed by atoms with Crippen molar-refractivity contribution in [2.24, 2.45) is 0 Å². The molecule has 124 valence electrons. The van der Waals surface area contributed by atoms with Crippen LogP contribution in [0.5, 0.6) is 11.5 Å². The Bertz CT molecular complexity index is 809. The lowest BCUT2D eigenvalue weighted by atomic mass is 10.1. The number of thioether (sulfide) groups is 1. The fraction of sp³-hybridized carbons (Fsp3) is 0.188. The molecule has 0 radical (unpaired) electrons. The fourth-order valence-electron chi connectivity index (χ4n) is 2.30. The van der Waals surface area contributed by atoms with E-state index in [1.165, 1.54) is 17.8 Å². The number of ether oxygens (including phenoxy) is 2. The van der Waals surface area contributed by atoms with Crippen LogP contribution in [-0.2, 0) is 0 Å². The molecule has 2 aromatic rings. The summed E-state index contributed by atoms with van der Waals surface area (Å²) in [7, 11) is 0. The Balaban J connectivity index is 1.82. The normalized spacial score (nSPS) is 12.5. The average Bonchev–Trinajstić information content (AvgIpc) is 2.61. The number of fused-ring (bicyclic) bond motifs is 1. The van der Waals surface area contributed by atoms with Gasteiger partial charge in [-0.05, 0) is 30.5 Å². The van der Waals surface area contributed by atoms with Crippen molar-refractivity contribution in [3.05, 3.63) is 52.1 Å². The first kappa shape index (κ1) is 16.1. The predicted octanol–water partition coefficient (Wildman–Crippen LogP) is 3.34. The molecule has 1 aliphatic rings. The predicted molar refractivity (Wildman–Crippen MR) is 90.3 cm³/mol. The van der Waals surface area contributed by atoms with Crippen LogP contribution in [0.15, 0.2) is 41.3 Å². The number of nitro benzene ring substituents is 1. The maximum atomic E-state index is 12.3. The van der Waals surface area contributed by atoms with Crippen LogP contribution in [0.1, 0.15) is 10.4 Å². The molecule has 0 unspecified atom stereocenters. The van der Waals surface area contributed by atoms with Crippen molar-refractivity contribution in [1.82, 2.24) is 0 Å². The highest BCUT2D eigenvalue weighted by molar-refractivity contribution is 7.98. The lowest BCUT2D eigenvalue weighted by Crippen LogP contribution is -2.16. The van der Waals surface area contributed by atoms with E-state index in [2.05, 4.69) is 5.32 Å². The first-order valence-electron chi connectivity index (χ1n) is 7.12. The van der Waals surface area contributed by atoms with Crippen LogP contribution in [0.4, 0.5) is 11.4 Å². The maximum Gasteiger partial charge on any atom is 0.283 e. The summed E-state index contributed by atoms with van der Waals surface area (Å²) in [5.74, 6) is 0.754. The molecule has 7 nitrogen and oxygen atoms in total. The highest BCUT2D eigenvalue weighted by Crippen LogP contribution is 2.33. The molecule has 1 aliphatic heterocycles. The van der Waals surface area contributed by atoms with Crippen molar-refractivity contribution in [3.8, 4) is 11.5 Å². The summed E-state index contributed by atoms with van der Waals surface area (Å²) in [6.07, 6.45) is 1.75. The van der Waals surface area contributed by atoms with Crippen molar-refractivity contribution in [2.45, 2.75) is 4.90 Å². The van der Waals surface area contributed by atoms with Gasteiger partial charge in [-0.15, -0.1) is 11.8 Å². The zero-order chi connectivity index (χ0) is 17.1. The Morgan fingerprint density at radius 1 is 1.17 bits per heavy atom. The summed E-state index contributed by atoms with van der Waals surface area (Å²) in [5, 5.41) is 13.8. The fourth-order valence-corrected chi connectivity index (χ4v) is 2.85. The second-order valence-corrected chi connectivity index (χ2v) is 5.80. The number of carbonyl (C=O) groups is 1. The molecule has 2 aromatic carbocycles. The van der Waals surface area contributed by atoms with Crippen LogP contribution in [0, 0.1) is 10.1 Å². The Hall–Kier alpha value is -2.74. The van der Waals surface area contributed by atoms with E-state index in [9.17, 15) is 14.9 Å². The van der Waals surface area contributed by atoms with E-state index in [4.69, 9.17) is 9.47 Å². The number of hydrogen-bond acceptors (Lipinski definition) is 6. The monoisotopic (exact) mass is 346 g/mol. The summed E-state index contributed by atoms with van der Waals surface area (Å²) in [6, 6.07) is 9.48. The molecule has 0 spiro atoms. The van der Waals surface area contributed by atoms with Gasteiger partial charge in [-0.1, -0.05) is 0 Å². The van der Waals surface area contributed by atoms with E-state index in [0.717, 1.165) is 0 Å². The van der Waals surface area contributed by atoms with Crippen molar-refractivity contribution < 1.29 is 19.2 Å². The molecule has 0 aromatic heterocycles. The molecule has 0 saturated heterocycles. The molecule has 24 heavy (non-hydrogen) atoms. The molecule has 1 N–H and O–H groups in total. The van der Waals surface area contributed by atoms with Crippen LogP contribution in [0.25, 0.3) is 0 Å². The average molecular weight is 346 g/mol. The summed E-state index contributed by atoms with van der Waals surface area (Å²) < 4.78 is 10.9. The zero-order valence-corrected chi connectivity index (χ0v) is 13.6. The molecule has 8 heteroatoms. The third-order valence-electron chi connectivity index (χ3n) is 3.44. The van der Waals surface area contributed by atoms with Crippen LogP contribution >= 0.6 is 11.8 Å². The van der Waals surface area contributed by atoms with Gasteiger partial charge in [-0.3, -0.25) is 14.9 Å². The molecular weight excluding hydrogens is 332 g/mol. The first-order valence-corrected chi connectivity index (χ1v) is 8.34. The number of hydrogen-bond donors (Lipinski definition) is 1. The summed E-state index contributed by atoms with van der Waals surface area (Å²) in [5.41, 5.74) is 0.660. The van der Waals surface area contributed by atoms with Gasteiger partial charge in [0.15, 0.2) is 11.5 Å². The second-order valence-electron chi connectivity index (χ2n) is 4.96. The number of benzene rings is 2. The number of nitro groups is 1. The van der Waals surface area contributed by atoms with Crippen LogP contribution in [-0.4, -0.2) is 30.3 Å². The van der Waals surface area contributed by atoms with Crippen LogP contribution < -0.4 is 14.8 Å². The smallest absolute Gasteiger partial charge is 0.283 e. The van der Waals surface area contributed by atoms with Gasteiger partial charge >= 0.3 is 0 Å². The van der Waals surface area contributed by atoms with Crippen molar-refractivity contribution in [2.75, 3.05) is 24.8 Å². The minimum Gasteiger partial charge on any atom is -0.486 e. The molecule has 1 amide bonds. The number of nitrogens with one attached hydrogen (secondary N) is 1. The van der Waals surface area contributed by atoms with Gasteiger partial charge in [0.05, 0.1) is 9.82 Å². The molecule has 0 aliphatic carbocycles. The van der Waals surface area contributed by atoms with Crippen LogP contribution in [0.3, 0.4) is 0 Å². The topological polar surface area (TPSA) is 90.7 Å². The number of anilines is 1. The van der Waals surface area contributed by atoms with Crippen molar-refractivity contribution >= 4 is 29.0 Å². The lowest BCUT2D eigenvalue weighted by molar-refractivity contribution is -0.387. The van der Waals surface area contributed by atoms with Gasteiger partial charge in [0.25, 0.3) is 11.6 Å². The van der Waals surface area contributed by atoms with Gasteiger partial charge in [-0.2, -0.15) is 0 Å². The van der Waals surface area contributed by atoms with E-state index < -0.39 is 10.8 Å². The van der Waals surface area contributed by atoms with Gasteiger partial charge in [0.2, 0.25) is 0 Å².